The van der Waals surface area contributed by atoms with Gasteiger partial charge in [0.05, 0.1) is 34.5 Å². The molecular formula is C31H32F3N7O. The van der Waals surface area contributed by atoms with E-state index in [1.807, 2.05) is 12.1 Å². The summed E-state index contributed by atoms with van der Waals surface area (Å²) in [5.74, 6) is -0.360. The van der Waals surface area contributed by atoms with Crippen molar-refractivity contribution in [3.8, 4) is 11.3 Å². The molecule has 1 aliphatic rings. The Hall–Kier alpha value is -4.38. The number of piperidine rings is 1. The summed E-state index contributed by atoms with van der Waals surface area (Å²) in [6.45, 7) is 6.53. The number of nitrogens with one attached hydrogen (secondary N) is 2. The molecule has 11 heteroatoms. The number of benzene rings is 1. The monoisotopic (exact) mass is 575 g/mol. The van der Waals surface area contributed by atoms with E-state index < -0.39 is 17.6 Å². The zero-order valence-electron chi connectivity index (χ0n) is 23.4. The predicted molar refractivity (Wildman–Crippen MR) is 156 cm³/mol. The molecular weight excluding hydrogens is 543 g/mol. The van der Waals surface area contributed by atoms with Crippen molar-refractivity contribution < 1.29 is 18.0 Å². The Bertz CT molecular complexity index is 1540. The number of rotatable bonds is 8. The van der Waals surface area contributed by atoms with Crippen LogP contribution in [0.15, 0.2) is 67.3 Å². The minimum atomic E-state index is -4.57. The Balaban J connectivity index is 1.35. The van der Waals surface area contributed by atoms with Gasteiger partial charge in [0.15, 0.2) is 0 Å². The molecule has 0 bridgehead atoms. The summed E-state index contributed by atoms with van der Waals surface area (Å²) in [6, 6.07) is 10.8. The molecule has 4 heterocycles. The van der Waals surface area contributed by atoms with Crippen molar-refractivity contribution in [2.75, 3.05) is 30.3 Å². The second kappa shape index (κ2) is 12.6. The van der Waals surface area contributed by atoms with E-state index in [4.69, 9.17) is 0 Å². The molecule has 1 aromatic carbocycles. The van der Waals surface area contributed by atoms with Crippen LogP contribution in [0, 0.1) is 6.92 Å². The number of aryl methyl sites for hydroxylation is 1. The summed E-state index contributed by atoms with van der Waals surface area (Å²) in [5, 5.41) is 5.84. The smallest absolute Gasteiger partial charge is 0.322 e. The molecule has 3 aromatic heterocycles. The number of carbonyl (C=O) groups excluding carboxylic acids is 1. The molecule has 42 heavy (non-hydrogen) atoms. The average molecular weight is 576 g/mol. The highest BCUT2D eigenvalue weighted by Gasteiger charge is 2.33. The Morgan fingerprint density at radius 1 is 1.05 bits per heavy atom. The summed E-state index contributed by atoms with van der Waals surface area (Å²) < 4.78 is 41.5. The van der Waals surface area contributed by atoms with Gasteiger partial charge in [0.1, 0.15) is 0 Å². The molecule has 1 saturated heterocycles. The number of hydrogen-bond acceptors (Lipinski definition) is 7. The van der Waals surface area contributed by atoms with Crippen LogP contribution >= 0.6 is 0 Å². The van der Waals surface area contributed by atoms with E-state index in [0.717, 1.165) is 50.5 Å². The molecule has 5 rings (SSSR count). The fourth-order valence-corrected chi connectivity index (χ4v) is 5.13. The molecule has 0 aliphatic carbocycles. The van der Waals surface area contributed by atoms with Gasteiger partial charge in [-0.1, -0.05) is 6.92 Å². The number of halogens is 3. The van der Waals surface area contributed by atoms with E-state index in [1.165, 1.54) is 12.3 Å². The highest BCUT2D eigenvalue weighted by atomic mass is 19.4. The predicted octanol–water partition coefficient (Wildman–Crippen LogP) is 6.85. The molecule has 0 unspecified atom stereocenters. The highest BCUT2D eigenvalue weighted by molar-refractivity contribution is 6.04. The third-order valence-electron chi connectivity index (χ3n) is 7.35. The van der Waals surface area contributed by atoms with Crippen molar-refractivity contribution in [2.24, 2.45) is 0 Å². The SMILES string of the molecule is CCCN1CCC(c2cc(C(=O)Nc3cnc(C)c(Nc4nccc(-c5cccnc5)n4)c3)cc(C(F)(F)F)c2)CC1. The van der Waals surface area contributed by atoms with Crippen LogP contribution in [0.4, 0.5) is 30.5 Å². The summed E-state index contributed by atoms with van der Waals surface area (Å²) in [7, 11) is 0. The lowest BCUT2D eigenvalue weighted by molar-refractivity contribution is -0.137. The number of alkyl halides is 3. The van der Waals surface area contributed by atoms with Crippen molar-refractivity contribution in [3.63, 3.8) is 0 Å². The van der Waals surface area contributed by atoms with E-state index >= 15 is 0 Å². The van der Waals surface area contributed by atoms with E-state index in [0.29, 0.717) is 34.3 Å². The first kappa shape index (κ1) is 29.1. The van der Waals surface area contributed by atoms with Crippen LogP contribution in [0.5, 0.6) is 0 Å². The second-order valence-corrected chi connectivity index (χ2v) is 10.4. The minimum absolute atomic E-state index is 0.0359. The zero-order chi connectivity index (χ0) is 29.7. The number of pyridine rings is 2. The van der Waals surface area contributed by atoms with Gasteiger partial charge in [0, 0.05) is 29.7 Å². The molecule has 1 fully saturated rings. The van der Waals surface area contributed by atoms with E-state index in [2.05, 4.69) is 42.4 Å². The maximum Gasteiger partial charge on any atom is 0.416 e. The standard InChI is InChI=1S/C31H32F3N7O/c1-3-11-41-12-7-21(8-13-41)23-14-24(16-25(15-23)31(32,33)34)29(42)38-26-17-28(20(2)37-19-26)40-30-36-10-6-27(39-30)22-5-4-9-35-18-22/h4-6,9-10,14-19,21H,3,7-8,11-13H2,1-2H3,(H,38,42)(H,36,39,40). The lowest BCUT2D eigenvalue weighted by Crippen LogP contribution is -2.33. The van der Waals surface area contributed by atoms with Crippen molar-refractivity contribution in [1.82, 2.24) is 24.8 Å². The van der Waals surface area contributed by atoms with Crippen molar-refractivity contribution in [1.29, 1.82) is 0 Å². The van der Waals surface area contributed by atoms with Crippen LogP contribution in [0.25, 0.3) is 11.3 Å². The van der Waals surface area contributed by atoms with Gasteiger partial charge in [-0.15, -0.1) is 0 Å². The van der Waals surface area contributed by atoms with Crippen molar-refractivity contribution in [2.45, 2.75) is 45.2 Å². The van der Waals surface area contributed by atoms with Gasteiger partial charge in [-0.25, -0.2) is 9.97 Å². The zero-order valence-corrected chi connectivity index (χ0v) is 23.4. The number of hydrogen-bond donors (Lipinski definition) is 2. The number of likely N-dealkylation sites (tertiary alicyclic amines) is 1. The largest absolute Gasteiger partial charge is 0.416 e. The van der Waals surface area contributed by atoms with Gasteiger partial charge < -0.3 is 15.5 Å². The quantitative estimate of drug-likeness (QED) is 0.237. The first-order valence-electron chi connectivity index (χ1n) is 13.9. The summed E-state index contributed by atoms with van der Waals surface area (Å²) in [5.41, 5.74) is 2.66. The van der Waals surface area contributed by atoms with Gasteiger partial charge in [0.25, 0.3) is 5.91 Å². The molecule has 1 amide bonds. The van der Waals surface area contributed by atoms with E-state index in [-0.39, 0.29) is 11.5 Å². The van der Waals surface area contributed by atoms with Gasteiger partial charge in [-0.2, -0.15) is 13.2 Å². The molecule has 218 valence electrons. The normalized spacial score (nSPS) is 14.5. The number of amides is 1. The Labute approximate surface area is 242 Å². The number of anilines is 3. The molecule has 0 radical (unpaired) electrons. The lowest BCUT2D eigenvalue weighted by Gasteiger charge is -2.32. The summed E-state index contributed by atoms with van der Waals surface area (Å²) in [6.07, 6.45) is 4.43. The van der Waals surface area contributed by atoms with Gasteiger partial charge in [-0.3, -0.25) is 14.8 Å². The third kappa shape index (κ3) is 7.09. The van der Waals surface area contributed by atoms with Crippen LogP contribution in [0.3, 0.4) is 0 Å². The lowest BCUT2D eigenvalue weighted by atomic mass is 9.87. The van der Waals surface area contributed by atoms with E-state index in [1.54, 1.807) is 43.7 Å². The topological polar surface area (TPSA) is 95.9 Å². The first-order valence-corrected chi connectivity index (χ1v) is 13.9. The van der Waals surface area contributed by atoms with Crippen LogP contribution in [0.1, 0.15) is 59.3 Å². The fraction of sp³-hybridized carbons (Fsp3) is 0.323. The van der Waals surface area contributed by atoms with Gasteiger partial charge in [0.2, 0.25) is 5.95 Å². The van der Waals surface area contributed by atoms with Gasteiger partial charge >= 0.3 is 6.18 Å². The van der Waals surface area contributed by atoms with Crippen molar-refractivity contribution >= 4 is 23.2 Å². The summed E-state index contributed by atoms with van der Waals surface area (Å²) in [4.78, 5) is 32.9. The third-order valence-corrected chi connectivity index (χ3v) is 7.35. The number of aromatic nitrogens is 4. The first-order chi connectivity index (χ1) is 20.2. The highest BCUT2D eigenvalue weighted by Crippen LogP contribution is 2.36. The van der Waals surface area contributed by atoms with Gasteiger partial charge in [-0.05, 0) is 99.8 Å². The molecule has 0 atom stereocenters. The Kier molecular flexibility index (Phi) is 8.77. The van der Waals surface area contributed by atoms with Crippen LogP contribution in [0.2, 0.25) is 0 Å². The molecule has 2 N–H and O–H groups in total. The summed E-state index contributed by atoms with van der Waals surface area (Å²) >= 11 is 0. The van der Waals surface area contributed by atoms with Crippen molar-refractivity contribution in [3.05, 3.63) is 89.6 Å². The molecule has 0 saturated carbocycles. The molecule has 1 aliphatic heterocycles. The molecule has 4 aromatic rings. The molecule has 0 spiro atoms. The van der Waals surface area contributed by atoms with Crippen LogP contribution in [-0.2, 0) is 6.18 Å². The van der Waals surface area contributed by atoms with Crippen LogP contribution in [-0.4, -0.2) is 50.4 Å². The van der Waals surface area contributed by atoms with Crippen LogP contribution < -0.4 is 10.6 Å². The number of nitrogens with zero attached hydrogens (tertiary/aromatic N) is 5. The maximum absolute atomic E-state index is 13.8. The molecule has 8 nitrogen and oxygen atoms in total. The second-order valence-electron chi connectivity index (χ2n) is 10.4. The van der Waals surface area contributed by atoms with E-state index in [9.17, 15) is 18.0 Å². The number of carbonyl (C=O) groups is 1. The Morgan fingerprint density at radius 2 is 1.86 bits per heavy atom. The average Bonchev–Trinajstić information content (AvgIpc) is 2.99. The Morgan fingerprint density at radius 3 is 2.57 bits per heavy atom. The fourth-order valence-electron chi connectivity index (χ4n) is 5.13. The maximum atomic E-state index is 13.8. The minimum Gasteiger partial charge on any atom is -0.322 e.